The van der Waals surface area contributed by atoms with Crippen LogP contribution in [0.5, 0.6) is 11.5 Å². The van der Waals surface area contributed by atoms with Crippen LogP contribution in [0.4, 0.5) is 5.69 Å². The van der Waals surface area contributed by atoms with Gasteiger partial charge in [0.05, 0.1) is 19.9 Å². The lowest BCUT2D eigenvalue weighted by atomic mass is 9.82. The highest BCUT2D eigenvalue weighted by atomic mass is 32.1. The normalized spacial score (nSPS) is 26.4. The fraction of sp³-hybridized carbons (Fsp3) is 0.619. The predicted octanol–water partition coefficient (Wildman–Crippen LogP) is 3.31. The van der Waals surface area contributed by atoms with Gasteiger partial charge in [-0.15, -0.1) is 0 Å². The number of ether oxygens (including phenoxy) is 2. The first-order valence-electron chi connectivity index (χ1n) is 10.2. The van der Waals surface area contributed by atoms with Crippen molar-refractivity contribution >= 4 is 28.9 Å². The van der Waals surface area contributed by atoms with Gasteiger partial charge in [-0.1, -0.05) is 0 Å². The smallest absolute Gasteiger partial charge is 0.223 e. The number of hydrogen-bond donors (Lipinski definition) is 2. The molecule has 1 aliphatic carbocycles. The van der Waals surface area contributed by atoms with Gasteiger partial charge in [-0.05, 0) is 69.3 Å². The van der Waals surface area contributed by atoms with Crippen LogP contribution in [0, 0.1) is 5.92 Å². The number of carbonyl (C=O) groups is 1. The van der Waals surface area contributed by atoms with E-state index in [0.717, 1.165) is 55.1 Å². The molecule has 28 heavy (non-hydrogen) atoms. The number of nitrogens with zero attached hydrogens (tertiary/aromatic N) is 1. The van der Waals surface area contributed by atoms with Crippen molar-refractivity contribution in [1.29, 1.82) is 0 Å². The summed E-state index contributed by atoms with van der Waals surface area (Å²) in [6.07, 6.45) is 7.50. The molecule has 2 aliphatic heterocycles. The molecule has 152 valence electrons. The Bertz CT molecular complexity index is 738. The summed E-state index contributed by atoms with van der Waals surface area (Å²) in [5, 5.41) is 7.41. The van der Waals surface area contributed by atoms with E-state index in [1.807, 2.05) is 18.2 Å². The highest BCUT2D eigenvalue weighted by Gasteiger charge is 2.41. The Balaban J connectivity index is 1.43. The Morgan fingerprint density at radius 1 is 1.11 bits per heavy atom. The van der Waals surface area contributed by atoms with Crippen LogP contribution in [0.3, 0.4) is 0 Å². The third kappa shape index (κ3) is 4.04. The molecule has 4 rings (SSSR count). The monoisotopic (exact) mass is 403 g/mol. The Morgan fingerprint density at radius 3 is 2.43 bits per heavy atom. The average Bonchev–Trinajstić information content (AvgIpc) is 3.53. The summed E-state index contributed by atoms with van der Waals surface area (Å²) in [5.41, 5.74) is 0.843. The highest BCUT2D eigenvalue weighted by molar-refractivity contribution is 7.80. The van der Waals surface area contributed by atoms with E-state index in [2.05, 4.69) is 15.5 Å². The molecule has 3 fully saturated rings. The van der Waals surface area contributed by atoms with Gasteiger partial charge in [0.2, 0.25) is 5.91 Å². The van der Waals surface area contributed by atoms with Crippen LogP contribution in [-0.2, 0) is 4.79 Å². The van der Waals surface area contributed by atoms with Crippen molar-refractivity contribution in [3.8, 4) is 11.5 Å². The number of anilines is 1. The molecular formula is C21H29N3O3S. The van der Waals surface area contributed by atoms with Gasteiger partial charge < -0.3 is 25.0 Å². The minimum atomic E-state index is 0.250. The summed E-state index contributed by atoms with van der Waals surface area (Å²) in [7, 11) is 3.28. The van der Waals surface area contributed by atoms with Crippen LogP contribution in [0.1, 0.15) is 44.9 Å². The molecule has 1 aromatic carbocycles. The van der Waals surface area contributed by atoms with E-state index in [0.29, 0.717) is 17.8 Å². The molecule has 0 radical (unpaired) electrons. The van der Waals surface area contributed by atoms with E-state index in [4.69, 9.17) is 21.7 Å². The largest absolute Gasteiger partial charge is 0.497 e. The van der Waals surface area contributed by atoms with Gasteiger partial charge in [0.15, 0.2) is 5.11 Å². The zero-order valence-corrected chi connectivity index (χ0v) is 17.4. The summed E-state index contributed by atoms with van der Waals surface area (Å²) in [5.74, 6) is 1.97. The molecule has 2 N–H and O–H groups in total. The molecule has 2 saturated heterocycles. The third-order valence-electron chi connectivity index (χ3n) is 6.15. The molecular weight excluding hydrogens is 374 g/mol. The molecule has 1 amide bonds. The minimum Gasteiger partial charge on any atom is -0.497 e. The molecule has 3 aliphatic rings. The summed E-state index contributed by atoms with van der Waals surface area (Å²) >= 11 is 5.80. The highest BCUT2D eigenvalue weighted by Crippen LogP contribution is 2.37. The van der Waals surface area contributed by atoms with Crippen molar-refractivity contribution in [2.75, 3.05) is 19.5 Å². The number of methoxy groups -OCH3 is 2. The van der Waals surface area contributed by atoms with Crippen molar-refractivity contribution in [2.45, 2.75) is 63.1 Å². The van der Waals surface area contributed by atoms with Gasteiger partial charge in [-0.2, -0.15) is 0 Å². The molecule has 0 spiro atoms. The number of hydrogen-bond acceptors (Lipinski definition) is 4. The number of thiocarbonyl (C=S) groups is 1. The number of piperidine rings is 2. The van der Waals surface area contributed by atoms with Crippen molar-refractivity contribution in [1.82, 2.24) is 10.2 Å². The second-order valence-corrected chi connectivity index (χ2v) is 8.48. The van der Waals surface area contributed by atoms with Crippen molar-refractivity contribution in [3.63, 3.8) is 0 Å². The van der Waals surface area contributed by atoms with Gasteiger partial charge in [-0.25, -0.2) is 0 Å². The molecule has 1 saturated carbocycles. The maximum Gasteiger partial charge on any atom is 0.223 e. The van der Waals surface area contributed by atoms with Crippen LogP contribution in [0.2, 0.25) is 0 Å². The van der Waals surface area contributed by atoms with Gasteiger partial charge >= 0.3 is 0 Å². The Hall–Kier alpha value is -2.02. The number of carbonyl (C=O) groups excluding carboxylic acids is 1. The Morgan fingerprint density at radius 2 is 1.82 bits per heavy atom. The van der Waals surface area contributed by atoms with E-state index in [-0.39, 0.29) is 17.9 Å². The van der Waals surface area contributed by atoms with E-state index in [1.54, 1.807) is 14.2 Å². The summed E-state index contributed by atoms with van der Waals surface area (Å²) in [4.78, 5) is 14.5. The summed E-state index contributed by atoms with van der Waals surface area (Å²) in [6, 6.07) is 6.71. The topological polar surface area (TPSA) is 62.8 Å². The molecule has 7 heteroatoms. The Kier molecular flexibility index (Phi) is 5.62. The first kappa shape index (κ1) is 19.3. The quantitative estimate of drug-likeness (QED) is 0.736. The molecule has 2 heterocycles. The lowest BCUT2D eigenvalue weighted by molar-refractivity contribution is -0.123. The zero-order chi connectivity index (χ0) is 19.7. The van der Waals surface area contributed by atoms with E-state index in [1.165, 1.54) is 6.42 Å². The SMILES string of the molecule is COc1ccc(NC(=S)N2[C@@H]3CCC[C@@H]2CC(NC(=O)C2CC2)C3)c(OC)c1. The van der Waals surface area contributed by atoms with E-state index >= 15 is 0 Å². The second-order valence-electron chi connectivity index (χ2n) is 8.09. The fourth-order valence-corrected chi connectivity index (χ4v) is 4.99. The summed E-state index contributed by atoms with van der Waals surface area (Å²) < 4.78 is 10.8. The second kappa shape index (κ2) is 8.15. The number of benzene rings is 1. The Labute approximate surface area is 171 Å². The molecule has 2 atom stereocenters. The van der Waals surface area contributed by atoms with Crippen LogP contribution >= 0.6 is 12.2 Å². The third-order valence-corrected chi connectivity index (χ3v) is 6.47. The first-order valence-corrected chi connectivity index (χ1v) is 10.6. The standard InChI is InChI=1S/C21H29N3O3S/c1-26-17-8-9-18(19(12-17)27-2)23-21(28)24-15-4-3-5-16(24)11-14(10-15)22-20(25)13-6-7-13/h8-9,12-16H,3-7,10-11H2,1-2H3,(H,22,25)(H,23,28)/t15-,16-/m1/s1. The minimum absolute atomic E-state index is 0.250. The van der Waals surface area contributed by atoms with E-state index in [9.17, 15) is 4.79 Å². The van der Waals surface area contributed by atoms with Gasteiger partial charge in [0.1, 0.15) is 11.5 Å². The van der Waals surface area contributed by atoms with Crippen molar-refractivity contribution < 1.29 is 14.3 Å². The van der Waals surface area contributed by atoms with Gasteiger partial charge in [0, 0.05) is 30.1 Å². The number of rotatable bonds is 5. The molecule has 1 aromatic rings. The van der Waals surface area contributed by atoms with Gasteiger partial charge in [-0.3, -0.25) is 4.79 Å². The first-order chi connectivity index (χ1) is 13.6. The molecule has 6 nitrogen and oxygen atoms in total. The van der Waals surface area contributed by atoms with Gasteiger partial charge in [0.25, 0.3) is 0 Å². The zero-order valence-electron chi connectivity index (χ0n) is 16.6. The van der Waals surface area contributed by atoms with Crippen LogP contribution in [-0.4, -0.2) is 48.3 Å². The molecule has 2 bridgehead atoms. The molecule has 0 unspecified atom stereocenters. The number of fused-ring (bicyclic) bond motifs is 2. The lowest BCUT2D eigenvalue weighted by Gasteiger charge is -2.50. The number of nitrogens with one attached hydrogen (secondary N) is 2. The predicted molar refractivity (Wildman–Crippen MR) is 113 cm³/mol. The van der Waals surface area contributed by atoms with Crippen molar-refractivity contribution in [2.24, 2.45) is 5.92 Å². The number of amides is 1. The van der Waals surface area contributed by atoms with Crippen LogP contribution < -0.4 is 20.1 Å². The lowest BCUT2D eigenvalue weighted by Crippen LogP contribution is -2.59. The average molecular weight is 404 g/mol. The summed E-state index contributed by atoms with van der Waals surface area (Å²) in [6.45, 7) is 0. The van der Waals surface area contributed by atoms with Crippen LogP contribution in [0.25, 0.3) is 0 Å². The van der Waals surface area contributed by atoms with E-state index < -0.39 is 0 Å². The van der Waals surface area contributed by atoms with Crippen molar-refractivity contribution in [3.05, 3.63) is 18.2 Å². The molecule has 0 aromatic heterocycles. The fourth-order valence-electron chi connectivity index (χ4n) is 4.58. The maximum atomic E-state index is 12.2. The maximum absolute atomic E-state index is 12.2. The van der Waals surface area contributed by atoms with Crippen LogP contribution in [0.15, 0.2) is 18.2 Å².